The van der Waals surface area contributed by atoms with Gasteiger partial charge in [-0.15, -0.1) is 0 Å². The fourth-order valence-corrected chi connectivity index (χ4v) is 2.24. The van der Waals surface area contributed by atoms with Crippen LogP contribution in [-0.2, 0) is 19.8 Å². The summed E-state index contributed by atoms with van der Waals surface area (Å²) in [5.74, 6) is 1.53. The molecule has 1 N–H and O–H groups in total. The van der Waals surface area contributed by atoms with E-state index in [0.29, 0.717) is 6.61 Å². The van der Waals surface area contributed by atoms with Crippen molar-refractivity contribution in [2.75, 3.05) is 0 Å². The van der Waals surface area contributed by atoms with E-state index in [-0.39, 0.29) is 6.61 Å². The Balaban J connectivity index is 2.04. The average Bonchev–Trinajstić information content (AvgIpc) is 2.85. The van der Waals surface area contributed by atoms with Crippen molar-refractivity contribution in [3.05, 3.63) is 40.4 Å². The lowest BCUT2D eigenvalue weighted by molar-refractivity contribution is 0.277. The second kappa shape index (κ2) is 6.68. The van der Waals surface area contributed by atoms with E-state index >= 15 is 0 Å². The molecule has 1 aromatic carbocycles. The number of benzene rings is 1. The van der Waals surface area contributed by atoms with Crippen LogP contribution in [0.5, 0.6) is 5.75 Å². The van der Waals surface area contributed by atoms with Crippen molar-refractivity contribution in [2.24, 2.45) is 0 Å². The van der Waals surface area contributed by atoms with Gasteiger partial charge in [-0.25, -0.2) is 9.67 Å². The van der Waals surface area contributed by atoms with Gasteiger partial charge >= 0.3 is 0 Å². The molecule has 0 aliphatic heterocycles. The monoisotopic (exact) mass is 325 g/mol. The molecule has 0 aliphatic rings. The van der Waals surface area contributed by atoms with Gasteiger partial charge in [-0.2, -0.15) is 5.10 Å². The van der Waals surface area contributed by atoms with Crippen LogP contribution in [0.1, 0.15) is 24.7 Å². The maximum Gasteiger partial charge on any atom is 0.164 e. The average molecular weight is 326 g/mol. The van der Waals surface area contributed by atoms with Crippen molar-refractivity contribution in [1.29, 1.82) is 0 Å². The number of aryl methyl sites for hydroxylation is 1. The van der Waals surface area contributed by atoms with Crippen LogP contribution in [0.2, 0.25) is 0 Å². The highest BCUT2D eigenvalue weighted by atomic mass is 79.9. The van der Waals surface area contributed by atoms with Crippen molar-refractivity contribution < 1.29 is 9.84 Å². The standard InChI is InChI=1S/C13H16BrN3O2/c1-2-5-17-13(15-9-16-17)8-19-12-4-3-10(7-18)6-11(12)14/h3-4,6,9,18H,2,5,7-8H2,1H3. The van der Waals surface area contributed by atoms with Gasteiger partial charge in [0.1, 0.15) is 18.7 Å². The number of aliphatic hydroxyl groups excluding tert-OH is 1. The first-order valence-electron chi connectivity index (χ1n) is 6.13. The van der Waals surface area contributed by atoms with Gasteiger partial charge in [0.25, 0.3) is 0 Å². The highest BCUT2D eigenvalue weighted by molar-refractivity contribution is 9.10. The zero-order valence-electron chi connectivity index (χ0n) is 10.7. The van der Waals surface area contributed by atoms with Gasteiger partial charge in [-0.1, -0.05) is 13.0 Å². The predicted octanol–water partition coefficient (Wildman–Crippen LogP) is 2.52. The number of aliphatic hydroxyl groups is 1. The largest absolute Gasteiger partial charge is 0.484 e. The molecule has 2 aromatic rings. The molecule has 0 fully saturated rings. The Labute approximate surface area is 120 Å². The maximum atomic E-state index is 9.05. The molecule has 0 atom stereocenters. The SMILES string of the molecule is CCCn1ncnc1COc1ccc(CO)cc1Br. The van der Waals surface area contributed by atoms with E-state index in [1.807, 2.05) is 22.9 Å². The third-order valence-electron chi connectivity index (χ3n) is 2.67. The minimum atomic E-state index is 0.0176. The Morgan fingerprint density at radius 3 is 2.95 bits per heavy atom. The number of ether oxygens (including phenoxy) is 1. The molecule has 0 radical (unpaired) electrons. The predicted molar refractivity (Wildman–Crippen MR) is 74.7 cm³/mol. The zero-order valence-corrected chi connectivity index (χ0v) is 12.3. The fraction of sp³-hybridized carbons (Fsp3) is 0.385. The number of hydrogen-bond acceptors (Lipinski definition) is 4. The highest BCUT2D eigenvalue weighted by Gasteiger charge is 2.07. The molecule has 0 spiro atoms. The van der Waals surface area contributed by atoms with Gasteiger partial charge in [0.15, 0.2) is 5.82 Å². The van der Waals surface area contributed by atoms with Crippen LogP contribution in [0.25, 0.3) is 0 Å². The van der Waals surface area contributed by atoms with Crippen LogP contribution in [0.15, 0.2) is 29.0 Å². The Hall–Kier alpha value is -1.40. The maximum absolute atomic E-state index is 9.05. The topological polar surface area (TPSA) is 60.2 Å². The molecule has 19 heavy (non-hydrogen) atoms. The normalized spacial score (nSPS) is 10.7. The molecule has 0 bridgehead atoms. The highest BCUT2D eigenvalue weighted by Crippen LogP contribution is 2.26. The van der Waals surface area contributed by atoms with E-state index in [0.717, 1.165) is 34.6 Å². The van der Waals surface area contributed by atoms with Crippen molar-refractivity contribution in [2.45, 2.75) is 33.1 Å². The summed E-state index contributed by atoms with van der Waals surface area (Å²) in [5, 5.41) is 13.2. The summed E-state index contributed by atoms with van der Waals surface area (Å²) in [5.41, 5.74) is 0.841. The van der Waals surface area contributed by atoms with Crippen molar-refractivity contribution in [3.63, 3.8) is 0 Å². The molecule has 0 saturated carbocycles. The zero-order chi connectivity index (χ0) is 13.7. The van der Waals surface area contributed by atoms with E-state index in [1.165, 1.54) is 6.33 Å². The van der Waals surface area contributed by atoms with Crippen LogP contribution in [-0.4, -0.2) is 19.9 Å². The third kappa shape index (κ3) is 3.54. The molecular formula is C13H16BrN3O2. The summed E-state index contributed by atoms with van der Waals surface area (Å²) < 4.78 is 8.38. The molecule has 0 saturated heterocycles. The molecule has 5 nitrogen and oxygen atoms in total. The number of aromatic nitrogens is 3. The second-order valence-electron chi connectivity index (χ2n) is 4.11. The lowest BCUT2D eigenvalue weighted by atomic mass is 10.2. The lowest BCUT2D eigenvalue weighted by Crippen LogP contribution is -2.08. The molecule has 1 aromatic heterocycles. The molecule has 0 unspecified atom stereocenters. The molecule has 6 heteroatoms. The van der Waals surface area contributed by atoms with E-state index in [2.05, 4.69) is 32.9 Å². The first-order valence-corrected chi connectivity index (χ1v) is 6.92. The summed E-state index contributed by atoms with van der Waals surface area (Å²) in [6.07, 6.45) is 2.55. The fourth-order valence-electron chi connectivity index (χ4n) is 1.70. The van der Waals surface area contributed by atoms with E-state index in [9.17, 15) is 0 Å². The van der Waals surface area contributed by atoms with Gasteiger partial charge in [0.2, 0.25) is 0 Å². The van der Waals surface area contributed by atoms with Crippen LogP contribution in [0.3, 0.4) is 0 Å². The smallest absolute Gasteiger partial charge is 0.164 e. The van der Waals surface area contributed by atoms with Gasteiger partial charge < -0.3 is 9.84 Å². The van der Waals surface area contributed by atoms with Crippen molar-refractivity contribution in [1.82, 2.24) is 14.8 Å². The molecule has 1 heterocycles. The van der Waals surface area contributed by atoms with Gasteiger partial charge in [-0.05, 0) is 40.0 Å². The molecule has 0 aliphatic carbocycles. The number of halogens is 1. The molecule has 2 rings (SSSR count). The van der Waals surface area contributed by atoms with Gasteiger partial charge in [0.05, 0.1) is 11.1 Å². The second-order valence-corrected chi connectivity index (χ2v) is 4.97. The van der Waals surface area contributed by atoms with Crippen LogP contribution < -0.4 is 4.74 Å². The first-order chi connectivity index (χ1) is 9.24. The van der Waals surface area contributed by atoms with Gasteiger partial charge in [-0.3, -0.25) is 0 Å². The summed E-state index contributed by atoms with van der Waals surface area (Å²) in [7, 11) is 0. The number of nitrogens with zero attached hydrogens (tertiary/aromatic N) is 3. The van der Waals surface area contributed by atoms with Crippen LogP contribution in [0, 0.1) is 0 Å². The summed E-state index contributed by atoms with van der Waals surface area (Å²) >= 11 is 3.42. The van der Waals surface area contributed by atoms with Gasteiger partial charge in [0, 0.05) is 6.54 Å². The number of rotatable bonds is 6. The first kappa shape index (κ1) is 14.0. The third-order valence-corrected chi connectivity index (χ3v) is 3.29. The van der Waals surface area contributed by atoms with E-state index in [4.69, 9.17) is 9.84 Å². The lowest BCUT2D eigenvalue weighted by Gasteiger charge is -2.09. The van der Waals surface area contributed by atoms with Crippen molar-refractivity contribution in [3.8, 4) is 5.75 Å². The van der Waals surface area contributed by atoms with E-state index in [1.54, 1.807) is 0 Å². The summed E-state index contributed by atoms with van der Waals surface area (Å²) in [6, 6.07) is 5.50. The number of hydrogen-bond donors (Lipinski definition) is 1. The van der Waals surface area contributed by atoms with Crippen molar-refractivity contribution >= 4 is 15.9 Å². The van der Waals surface area contributed by atoms with Crippen LogP contribution >= 0.6 is 15.9 Å². The summed E-state index contributed by atoms with van der Waals surface area (Å²) in [4.78, 5) is 4.18. The Bertz CT molecular complexity index is 542. The Kier molecular flexibility index (Phi) is 4.93. The quantitative estimate of drug-likeness (QED) is 0.886. The Morgan fingerprint density at radius 2 is 2.26 bits per heavy atom. The summed E-state index contributed by atoms with van der Waals surface area (Å²) in [6.45, 7) is 3.32. The minimum Gasteiger partial charge on any atom is -0.484 e. The Morgan fingerprint density at radius 1 is 1.42 bits per heavy atom. The van der Waals surface area contributed by atoms with E-state index < -0.39 is 0 Å². The van der Waals surface area contributed by atoms with Crippen LogP contribution in [0.4, 0.5) is 0 Å². The molecule has 102 valence electrons. The molecule has 0 amide bonds. The minimum absolute atomic E-state index is 0.0176. The molecular weight excluding hydrogens is 310 g/mol.